The topological polar surface area (TPSA) is 74.9 Å². The number of ether oxygens (including phenoxy) is 1. The summed E-state index contributed by atoms with van der Waals surface area (Å²) in [5, 5.41) is 13.8. The van der Waals surface area contributed by atoms with Crippen LogP contribution in [0.5, 0.6) is 0 Å². The van der Waals surface area contributed by atoms with Gasteiger partial charge in [-0.1, -0.05) is 13.8 Å². The van der Waals surface area contributed by atoms with Crippen molar-refractivity contribution in [1.82, 2.24) is 10.2 Å². The molecule has 1 aromatic heterocycles. The smallest absolute Gasteiger partial charge is 0.409 e. The van der Waals surface area contributed by atoms with E-state index in [0.717, 1.165) is 12.8 Å². The Morgan fingerprint density at radius 1 is 1.52 bits per heavy atom. The van der Waals surface area contributed by atoms with E-state index in [-0.39, 0.29) is 12.1 Å². The fourth-order valence-electron chi connectivity index (χ4n) is 2.61. The molecule has 1 fully saturated rings. The number of nitrogens with one attached hydrogen (secondary N) is 1. The van der Waals surface area contributed by atoms with Crippen LogP contribution in [0.3, 0.4) is 0 Å². The molecule has 2 rings (SSSR count). The highest BCUT2D eigenvalue weighted by Gasteiger charge is 2.29. The molecule has 1 atom stereocenters. The van der Waals surface area contributed by atoms with Crippen LogP contribution in [-0.2, 0) is 10.3 Å². The van der Waals surface area contributed by atoms with E-state index in [0.29, 0.717) is 37.9 Å². The van der Waals surface area contributed by atoms with E-state index < -0.39 is 5.60 Å². The molecule has 6 heteroatoms. The maximum absolute atomic E-state index is 11.9. The van der Waals surface area contributed by atoms with Gasteiger partial charge in [0, 0.05) is 25.7 Å². The van der Waals surface area contributed by atoms with Crippen LogP contribution in [0.15, 0.2) is 22.8 Å². The van der Waals surface area contributed by atoms with Gasteiger partial charge in [-0.05, 0) is 37.8 Å². The summed E-state index contributed by atoms with van der Waals surface area (Å²) in [6.07, 6.45) is 3.04. The Bertz CT molecular complexity index is 477. The lowest BCUT2D eigenvalue weighted by Gasteiger charge is -2.33. The molecule has 6 nitrogen and oxygen atoms in total. The normalized spacial score (nSPS) is 18.9. The molecule has 1 aliphatic heterocycles. The standard InChI is InChI=1S/C17H28N2O4/c1-13(2)11-23-16(20)19-8-6-14(7-9-19)18-12-17(3,21)15-5-4-10-22-15/h4-5,10,13-14,18,21H,6-9,11-12H2,1-3H3. The summed E-state index contributed by atoms with van der Waals surface area (Å²) >= 11 is 0. The number of hydrogen-bond donors (Lipinski definition) is 2. The molecular weight excluding hydrogens is 296 g/mol. The van der Waals surface area contributed by atoms with Gasteiger partial charge in [0.1, 0.15) is 11.4 Å². The van der Waals surface area contributed by atoms with Crippen LogP contribution in [0.2, 0.25) is 0 Å². The van der Waals surface area contributed by atoms with Crippen LogP contribution in [0.25, 0.3) is 0 Å². The van der Waals surface area contributed by atoms with Gasteiger partial charge in [0.2, 0.25) is 0 Å². The maximum Gasteiger partial charge on any atom is 0.409 e. The second kappa shape index (κ2) is 7.84. The summed E-state index contributed by atoms with van der Waals surface area (Å²) in [7, 11) is 0. The van der Waals surface area contributed by atoms with Gasteiger partial charge in [-0.15, -0.1) is 0 Å². The molecule has 2 N–H and O–H groups in total. The fraction of sp³-hybridized carbons (Fsp3) is 0.706. The monoisotopic (exact) mass is 324 g/mol. The third-order valence-electron chi connectivity index (χ3n) is 4.08. The molecule has 1 aliphatic rings. The van der Waals surface area contributed by atoms with Crippen molar-refractivity contribution in [2.75, 3.05) is 26.2 Å². The van der Waals surface area contributed by atoms with E-state index in [1.165, 1.54) is 0 Å². The molecule has 2 heterocycles. The van der Waals surface area contributed by atoms with Gasteiger partial charge >= 0.3 is 6.09 Å². The highest BCUT2D eigenvalue weighted by atomic mass is 16.6. The number of piperidine rings is 1. The Hall–Kier alpha value is -1.53. The van der Waals surface area contributed by atoms with Crippen molar-refractivity contribution in [3.8, 4) is 0 Å². The number of amides is 1. The first-order valence-corrected chi connectivity index (χ1v) is 8.30. The number of rotatable bonds is 6. The minimum Gasteiger partial charge on any atom is -0.466 e. The number of nitrogens with zero attached hydrogens (tertiary/aromatic N) is 1. The highest BCUT2D eigenvalue weighted by Crippen LogP contribution is 2.21. The lowest BCUT2D eigenvalue weighted by Crippen LogP contribution is -2.48. The zero-order valence-electron chi connectivity index (χ0n) is 14.2. The van der Waals surface area contributed by atoms with Gasteiger partial charge in [-0.25, -0.2) is 4.79 Å². The Morgan fingerprint density at radius 3 is 2.78 bits per heavy atom. The molecule has 0 bridgehead atoms. The number of furan rings is 1. The van der Waals surface area contributed by atoms with Crippen molar-refractivity contribution in [2.45, 2.75) is 45.3 Å². The molecule has 0 spiro atoms. The second-order valence-corrected chi connectivity index (χ2v) is 6.86. The third kappa shape index (κ3) is 5.25. The molecule has 0 aromatic carbocycles. The number of carbonyl (C=O) groups is 1. The van der Waals surface area contributed by atoms with Crippen molar-refractivity contribution in [2.24, 2.45) is 5.92 Å². The van der Waals surface area contributed by atoms with E-state index >= 15 is 0 Å². The van der Waals surface area contributed by atoms with Crippen molar-refractivity contribution in [3.05, 3.63) is 24.2 Å². The van der Waals surface area contributed by atoms with E-state index in [1.807, 2.05) is 13.8 Å². The number of likely N-dealkylation sites (tertiary alicyclic amines) is 1. The number of aliphatic hydroxyl groups is 1. The number of hydrogen-bond acceptors (Lipinski definition) is 5. The molecule has 1 saturated heterocycles. The molecule has 0 saturated carbocycles. The van der Waals surface area contributed by atoms with Crippen molar-refractivity contribution < 1.29 is 19.1 Å². The Labute approximate surface area is 137 Å². The van der Waals surface area contributed by atoms with Gasteiger partial charge < -0.3 is 24.5 Å². The van der Waals surface area contributed by atoms with Gasteiger partial charge in [-0.3, -0.25) is 0 Å². The van der Waals surface area contributed by atoms with Crippen LogP contribution >= 0.6 is 0 Å². The van der Waals surface area contributed by atoms with Gasteiger partial charge in [0.25, 0.3) is 0 Å². The van der Waals surface area contributed by atoms with Crippen molar-refractivity contribution in [1.29, 1.82) is 0 Å². The van der Waals surface area contributed by atoms with Crippen LogP contribution in [0.1, 0.15) is 39.4 Å². The van der Waals surface area contributed by atoms with E-state index in [1.54, 1.807) is 30.2 Å². The van der Waals surface area contributed by atoms with E-state index in [9.17, 15) is 9.90 Å². The van der Waals surface area contributed by atoms with Gasteiger partial charge in [0.15, 0.2) is 0 Å². The SMILES string of the molecule is CC(C)COC(=O)N1CCC(NCC(C)(O)c2ccco2)CC1. The van der Waals surface area contributed by atoms with Gasteiger partial charge in [-0.2, -0.15) is 0 Å². The average Bonchev–Trinajstić information content (AvgIpc) is 3.06. The summed E-state index contributed by atoms with van der Waals surface area (Å²) in [5.74, 6) is 0.904. The predicted octanol–water partition coefficient (Wildman–Crippen LogP) is 2.33. The molecule has 1 amide bonds. The largest absolute Gasteiger partial charge is 0.466 e. The molecule has 1 aromatic rings. The maximum atomic E-state index is 11.9. The Morgan fingerprint density at radius 2 is 2.22 bits per heavy atom. The van der Waals surface area contributed by atoms with Crippen LogP contribution in [-0.4, -0.2) is 48.4 Å². The Kier molecular flexibility index (Phi) is 6.07. The molecule has 1 unspecified atom stereocenters. The minimum atomic E-state index is -1.03. The zero-order valence-corrected chi connectivity index (χ0v) is 14.2. The first kappa shape index (κ1) is 17.8. The van der Waals surface area contributed by atoms with Crippen LogP contribution in [0, 0.1) is 5.92 Å². The third-order valence-corrected chi connectivity index (χ3v) is 4.08. The highest BCUT2D eigenvalue weighted by molar-refractivity contribution is 5.67. The first-order chi connectivity index (χ1) is 10.9. The lowest BCUT2D eigenvalue weighted by molar-refractivity contribution is 0.0280. The average molecular weight is 324 g/mol. The van der Waals surface area contributed by atoms with E-state index in [4.69, 9.17) is 9.15 Å². The number of carbonyl (C=O) groups excluding carboxylic acids is 1. The first-order valence-electron chi connectivity index (χ1n) is 8.30. The zero-order chi connectivity index (χ0) is 16.9. The van der Waals surface area contributed by atoms with Crippen molar-refractivity contribution >= 4 is 6.09 Å². The lowest BCUT2D eigenvalue weighted by atomic mass is 10.0. The van der Waals surface area contributed by atoms with Gasteiger partial charge in [0.05, 0.1) is 12.9 Å². The minimum absolute atomic E-state index is 0.222. The molecule has 130 valence electrons. The molecule has 23 heavy (non-hydrogen) atoms. The van der Waals surface area contributed by atoms with Crippen molar-refractivity contribution in [3.63, 3.8) is 0 Å². The summed E-state index contributed by atoms with van der Waals surface area (Å²) in [4.78, 5) is 13.7. The molecular formula is C17H28N2O4. The van der Waals surface area contributed by atoms with E-state index in [2.05, 4.69) is 5.32 Å². The quantitative estimate of drug-likeness (QED) is 0.840. The Balaban J connectivity index is 1.71. The molecule has 0 aliphatic carbocycles. The summed E-state index contributed by atoms with van der Waals surface area (Å²) < 4.78 is 10.5. The van der Waals surface area contributed by atoms with Crippen LogP contribution < -0.4 is 5.32 Å². The summed E-state index contributed by atoms with van der Waals surface area (Å²) in [6.45, 7) is 8.01. The summed E-state index contributed by atoms with van der Waals surface area (Å²) in [5.41, 5.74) is -1.03. The second-order valence-electron chi connectivity index (χ2n) is 6.86. The predicted molar refractivity (Wildman–Crippen MR) is 87.1 cm³/mol. The summed E-state index contributed by atoms with van der Waals surface area (Å²) in [6, 6.07) is 3.82. The molecule has 0 radical (unpaired) electrons. The van der Waals surface area contributed by atoms with Crippen LogP contribution in [0.4, 0.5) is 4.79 Å². The fourth-order valence-corrected chi connectivity index (χ4v) is 2.61.